The first kappa shape index (κ1) is 16.6. The highest BCUT2D eigenvalue weighted by molar-refractivity contribution is 6.18. The molecule has 21 heavy (non-hydrogen) atoms. The SMILES string of the molecule is FC(F)(F)c1ccc(CN2CCCN(CCCl)CC2)cc1. The van der Waals surface area contributed by atoms with Crippen LogP contribution in [0.15, 0.2) is 24.3 Å². The summed E-state index contributed by atoms with van der Waals surface area (Å²) in [6.45, 7) is 5.50. The molecule has 0 aliphatic carbocycles. The third-order valence-electron chi connectivity index (χ3n) is 3.77. The molecule has 1 saturated heterocycles. The zero-order chi connectivity index (χ0) is 15.3. The lowest BCUT2D eigenvalue weighted by molar-refractivity contribution is -0.137. The molecule has 6 heteroatoms. The Hall–Kier alpha value is -0.780. The molecule has 1 heterocycles. The summed E-state index contributed by atoms with van der Waals surface area (Å²) in [5.74, 6) is 0.638. The first-order valence-electron chi connectivity index (χ1n) is 7.16. The maximum absolute atomic E-state index is 12.5. The van der Waals surface area contributed by atoms with Crippen molar-refractivity contribution in [1.82, 2.24) is 9.80 Å². The van der Waals surface area contributed by atoms with Crippen molar-refractivity contribution >= 4 is 11.6 Å². The molecule has 1 aromatic rings. The van der Waals surface area contributed by atoms with E-state index in [2.05, 4.69) is 9.80 Å². The Morgan fingerprint density at radius 3 is 2.19 bits per heavy atom. The molecular formula is C15H20ClF3N2. The second-order valence-corrected chi connectivity index (χ2v) is 5.73. The molecule has 0 saturated carbocycles. The minimum atomic E-state index is -4.26. The summed E-state index contributed by atoms with van der Waals surface area (Å²) in [5.41, 5.74) is 0.337. The number of rotatable bonds is 4. The molecule has 118 valence electrons. The minimum absolute atomic E-state index is 0.588. The molecule has 2 nitrogen and oxygen atoms in total. The maximum atomic E-state index is 12.5. The van der Waals surface area contributed by atoms with E-state index in [9.17, 15) is 13.2 Å². The van der Waals surface area contributed by atoms with E-state index in [1.807, 2.05) is 0 Å². The molecule has 0 radical (unpaired) electrons. The van der Waals surface area contributed by atoms with E-state index < -0.39 is 11.7 Å². The van der Waals surface area contributed by atoms with Crippen molar-refractivity contribution < 1.29 is 13.2 Å². The maximum Gasteiger partial charge on any atom is 0.416 e. The van der Waals surface area contributed by atoms with E-state index in [0.29, 0.717) is 12.4 Å². The number of halogens is 4. The number of hydrogen-bond acceptors (Lipinski definition) is 2. The van der Waals surface area contributed by atoms with Crippen molar-refractivity contribution in [2.75, 3.05) is 38.6 Å². The Labute approximate surface area is 128 Å². The van der Waals surface area contributed by atoms with Gasteiger partial charge in [0.05, 0.1) is 5.56 Å². The largest absolute Gasteiger partial charge is 0.416 e. The third-order valence-corrected chi connectivity index (χ3v) is 3.94. The summed E-state index contributed by atoms with van der Waals surface area (Å²) in [5, 5.41) is 0. The van der Waals surface area contributed by atoms with Crippen LogP contribution >= 0.6 is 11.6 Å². The predicted octanol–water partition coefficient (Wildman–Crippen LogP) is 3.45. The van der Waals surface area contributed by atoms with Gasteiger partial charge in [-0.3, -0.25) is 4.90 Å². The van der Waals surface area contributed by atoms with Crippen LogP contribution in [-0.4, -0.2) is 48.4 Å². The van der Waals surface area contributed by atoms with Crippen LogP contribution in [0.4, 0.5) is 13.2 Å². The number of benzene rings is 1. The van der Waals surface area contributed by atoms with Crippen molar-refractivity contribution in [3.05, 3.63) is 35.4 Å². The van der Waals surface area contributed by atoms with Crippen LogP contribution < -0.4 is 0 Å². The van der Waals surface area contributed by atoms with Gasteiger partial charge in [-0.25, -0.2) is 0 Å². The average Bonchev–Trinajstić information content (AvgIpc) is 2.65. The smallest absolute Gasteiger partial charge is 0.301 e. The number of hydrogen-bond donors (Lipinski definition) is 0. The van der Waals surface area contributed by atoms with Crippen LogP contribution in [0, 0.1) is 0 Å². The fraction of sp³-hybridized carbons (Fsp3) is 0.600. The lowest BCUT2D eigenvalue weighted by Crippen LogP contribution is -2.31. The Bertz CT molecular complexity index is 434. The summed E-state index contributed by atoms with van der Waals surface area (Å²) in [7, 11) is 0. The van der Waals surface area contributed by atoms with E-state index in [1.54, 1.807) is 12.1 Å². The number of alkyl halides is 4. The van der Waals surface area contributed by atoms with Crippen molar-refractivity contribution in [2.45, 2.75) is 19.1 Å². The van der Waals surface area contributed by atoms with Gasteiger partial charge < -0.3 is 4.90 Å². The van der Waals surface area contributed by atoms with Gasteiger partial charge in [-0.1, -0.05) is 12.1 Å². The van der Waals surface area contributed by atoms with Crippen LogP contribution in [0.3, 0.4) is 0 Å². The zero-order valence-corrected chi connectivity index (χ0v) is 12.6. The summed E-state index contributed by atoms with van der Waals surface area (Å²) in [4.78, 5) is 4.62. The van der Waals surface area contributed by atoms with E-state index >= 15 is 0 Å². The van der Waals surface area contributed by atoms with Gasteiger partial charge in [0.15, 0.2) is 0 Å². The lowest BCUT2D eigenvalue weighted by atomic mass is 10.1. The van der Waals surface area contributed by atoms with E-state index in [1.165, 1.54) is 0 Å². The monoisotopic (exact) mass is 320 g/mol. The Morgan fingerprint density at radius 1 is 0.952 bits per heavy atom. The van der Waals surface area contributed by atoms with Crippen LogP contribution in [0.5, 0.6) is 0 Å². The molecule has 1 aromatic carbocycles. The lowest BCUT2D eigenvalue weighted by Gasteiger charge is -2.21. The molecule has 1 fully saturated rings. The first-order chi connectivity index (χ1) is 9.99. The summed E-state index contributed by atoms with van der Waals surface area (Å²) in [6.07, 6.45) is -3.19. The number of nitrogens with zero attached hydrogens (tertiary/aromatic N) is 2. The predicted molar refractivity (Wildman–Crippen MR) is 78.5 cm³/mol. The molecule has 0 bridgehead atoms. The quantitative estimate of drug-likeness (QED) is 0.784. The molecule has 1 aliphatic heterocycles. The molecule has 1 aliphatic rings. The topological polar surface area (TPSA) is 6.48 Å². The molecular weight excluding hydrogens is 301 g/mol. The summed E-state index contributed by atoms with van der Waals surface area (Å²) >= 11 is 5.76. The van der Waals surface area contributed by atoms with E-state index in [4.69, 9.17) is 11.6 Å². The Morgan fingerprint density at radius 2 is 1.57 bits per heavy atom. The van der Waals surface area contributed by atoms with Crippen LogP contribution in [0.25, 0.3) is 0 Å². The first-order valence-corrected chi connectivity index (χ1v) is 7.69. The molecule has 0 amide bonds. The van der Waals surface area contributed by atoms with E-state index in [0.717, 1.165) is 56.8 Å². The summed E-state index contributed by atoms with van der Waals surface area (Å²) in [6, 6.07) is 5.47. The van der Waals surface area contributed by atoms with Crippen LogP contribution in [0.1, 0.15) is 17.5 Å². The van der Waals surface area contributed by atoms with Crippen molar-refractivity contribution in [1.29, 1.82) is 0 Å². The normalized spacial score (nSPS) is 18.7. The van der Waals surface area contributed by atoms with Gasteiger partial charge in [-0.2, -0.15) is 13.2 Å². The van der Waals surface area contributed by atoms with Crippen molar-refractivity contribution in [3.8, 4) is 0 Å². The molecule has 0 atom stereocenters. The van der Waals surface area contributed by atoms with Gasteiger partial charge in [0.1, 0.15) is 0 Å². The molecule has 0 N–H and O–H groups in total. The minimum Gasteiger partial charge on any atom is -0.301 e. The van der Waals surface area contributed by atoms with Gasteiger partial charge in [-0.15, -0.1) is 11.6 Å². The highest BCUT2D eigenvalue weighted by atomic mass is 35.5. The fourth-order valence-corrected chi connectivity index (χ4v) is 2.82. The third kappa shape index (κ3) is 5.16. The van der Waals surface area contributed by atoms with Crippen molar-refractivity contribution in [2.24, 2.45) is 0 Å². The standard InChI is InChI=1S/C15H20ClF3N2/c16-6-9-20-7-1-8-21(11-10-20)12-13-2-4-14(5-3-13)15(17,18)19/h2-5H,1,6-12H2. The summed E-state index contributed by atoms with van der Waals surface area (Å²) < 4.78 is 37.6. The second kappa shape index (κ2) is 7.47. The highest BCUT2D eigenvalue weighted by Gasteiger charge is 2.30. The van der Waals surface area contributed by atoms with Gasteiger partial charge in [-0.05, 0) is 37.2 Å². The van der Waals surface area contributed by atoms with Crippen LogP contribution in [-0.2, 0) is 12.7 Å². The molecule has 0 unspecified atom stereocenters. The Kier molecular flexibility index (Phi) is 5.90. The highest BCUT2D eigenvalue weighted by Crippen LogP contribution is 2.29. The van der Waals surface area contributed by atoms with Crippen LogP contribution in [0.2, 0.25) is 0 Å². The van der Waals surface area contributed by atoms with Crippen molar-refractivity contribution in [3.63, 3.8) is 0 Å². The van der Waals surface area contributed by atoms with Gasteiger partial charge in [0.25, 0.3) is 0 Å². The molecule has 0 spiro atoms. The van der Waals surface area contributed by atoms with Gasteiger partial charge in [0.2, 0.25) is 0 Å². The fourth-order valence-electron chi connectivity index (χ4n) is 2.58. The molecule has 2 rings (SSSR count). The van der Waals surface area contributed by atoms with Gasteiger partial charge in [0, 0.05) is 32.1 Å². The zero-order valence-electron chi connectivity index (χ0n) is 11.9. The second-order valence-electron chi connectivity index (χ2n) is 5.36. The van der Waals surface area contributed by atoms with E-state index in [-0.39, 0.29) is 0 Å². The Balaban J connectivity index is 1.89. The average molecular weight is 321 g/mol. The molecule has 0 aromatic heterocycles. The van der Waals surface area contributed by atoms with Gasteiger partial charge >= 0.3 is 6.18 Å².